The molecule has 126 valence electrons. The quantitative estimate of drug-likeness (QED) is 0.779. The SMILES string of the molecule is C[C@H](OC(=O)c1ccc(Br)cc1F)C(=O)NC(=O)NC(C)(C)C. The van der Waals surface area contributed by atoms with E-state index in [1.807, 2.05) is 5.32 Å². The standard InChI is InChI=1S/C15H18BrFN2O4/c1-8(12(20)18-14(22)19-15(2,3)4)23-13(21)10-6-5-9(16)7-11(10)17/h5-8H,1-4H3,(H2,18,19,20,22)/t8-/m0/s1. The first-order valence-electron chi connectivity index (χ1n) is 6.78. The largest absolute Gasteiger partial charge is 0.449 e. The number of urea groups is 1. The van der Waals surface area contributed by atoms with Crippen molar-refractivity contribution in [3.63, 3.8) is 0 Å². The van der Waals surface area contributed by atoms with Crippen LogP contribution in [0.15, 0.2) is 22.7 Å². The Labute approximate surface area is 141 Å². The summed E-state index contributed by atoms with van der Waals surface area (Å²) in [7, 11) is 0. The number of nitrogens with one attached hydrogen (secondary N) is 2. The molecule has 0 saturated carbocycles. The van der Waals surface area contributed by atoms with Crippen molar-refractivity contribution in [2.24, 2.45) is 0 Å². The molecule has 0 saturated heterocycles. The van der Waals surface area contributed by atoms with Crippen molar-refractivity contribution in [3.05, 3.63) is 34.1 Å². The van der Waals surface area contributed by atoms with Crippen molar-refractivity contribution in [2.45, 2.75) is 39.3 Å². The minimum atomic E-state index is -1.25. The van der Waals surface area contributed by atoms with Gasteiger partial charge in [0, 0.05) is 10.0 Å². The van der Waals surface area contributed by atoms with Gasteiger partial charge in [-0.1, -0.05) is 15.9 Å². The van der Waals surface area contributed by atoms with E-state index in [0.717, 1.165) is 6.07 Å². The summed E-state index contributed by atoms with van der Waals surface area (Å²) in [6.07, 6.45) is -1.25. The molecule has 0 radical (unpaired) electrons. The fourth-order valence-corrected chi connectivity index (χ4v) is 1.85. The number of benzene rings is 1. The summed E-state index contributed by atoms with van der Waals surface area (Å²) in [5.41, 5.74) is -0.822. The lowest BCUT2D eigenvalue weighted by atomic mass is 10.1. The van der Waals surface area contributed by atoms with Gasteiger partial charge >= 0.3 is 12.0 Å². The van der Waals surface area contributed by atoms with Crippen molar-refractivity contribution < 1.29 is 23.5 Å². The zero-order valence-electron chi connectivity index (χ0n) is 13.2. The minimum absolute atomic E-state index is 0.299. The number of esters is 1. The fourth-order valence-electron chi connectivity index (χ4n) is 1.52. The van der Waals surface area contributed by atoms with Gasteiger partial charge in [-0.25, -0.2) is 14.0 Å². The third kappa shape index (κ3) is 6.35. The monoisotopic (exact) mass is 388 g/mol. The third-order valence-electron chi connectivity index (χ3n) is 2.53. The molecule has 0 fully saturated rings. The van der Waals surface area contributed by atoms with Crippen LogP contribution in [0.25, 0.3) is 0 Å². The lowest BCUT2D eigenvalue weighted by Gasteiger charge is -2.21. The first-order valence-corrected chi connectivity index (χ1v) is 7.58. The Hall–Kier alpha value is -1.96. The summed E-state index contributed by atoms with van der Waals surface area (Å²) in [4.78, 5) is 35.2. The van der Waals surface area contributed by atoms with Crippen molar-refractivity contribution in [3.8, 4) is 0 Å². The lowest BCUT2D eigenvalue weighted by molar-refractivity contribution is -0.127. The van der Waals surface area contributed by atoms with E-state index in [9.17, 15) is 18.8 Å². The zero-order valence-corrected chi connectivity index (χ0v) is 14.8. The van der Waals surface area contributed by atoms with Gasteiger partial charge in [-0.05, 0) is 45.9 Å². The fraction of sp³-hybridized carbons (Fsp3) is 0.400. The first kappa shape index (κ1) is 19.1. The summed E-state index contributed by atoms with van der Waals surface area (Å²) in [6.45, 7) is 6.53. The summed E-state index contributed by atoms with van der Waals surface area (Å²) in [5.74, 6) is -2.58. The summed E-state index contributed by atoms with van der Waals surface area (Å²) < 4.78 is 19.0. The van der Waals surface area contributed by atoms with Gasteiger partial charge in [-0.15, -0.1) is 0 Å². The molecule has 1 atom stereocenters. The number of ether oxygens (including phenoxy) is 1. The smallest absolute Gasteiger partial charge is 0.341 e. The van der Waals surface area contributed by atoms with Crippen molar-refractivity contribution in [2.75, 3.05) is 0 Å². The van der Waals surface area contributed by atoms with Crippen LogP contribution in [0, 0.1) is 5.82 Å². The Morgan fingerprint density at radius 1 is 1.26 bits per heavy atom. The minimum Gasteiger partial charge on any atom is -0.449 e. The third-order valence-corrected chi connectivity index (χ3v) is 3.02. The van der Waals surface area contributed by atoms with E-state index >= 15 is 0 Å². The normalized spacial score (nSPS) is 12.3. The van der Waals surface area contributed by atoms with Crippen LogP contribution < -0.4 is 10.6 Å². The predicted molar refractivity (Wildman–Crippen MR) is 85.4 cm³/mol. The Balaban J connectivity index is 2.64. The molecular formula is C15H18BrFN2O4. The zero-order chi connectivity index (χ0) is 17.8. The average molecular weight is 389 g/mol. The molecule has 1 aromatic carbocycles. The molecule has 1 rings (SSSR count). The highest BCUT2D eigenvalue weighted by Crippen LogP contribution is 2.16. The highest BCUT2D eigenvalue weighted by molar-refractivity contribution is 9.10. The number of halogens is 2. The van der Waals surface area contributed by atoms with Gasteiger partial charge < -0.3 is 10.1 Å². The van der Waals surface area contributed by atoms with Gasteiger partial charge in [-0.3, -0.25) is 10.1 Å². The van der Waals surface area contributed by atoms with E-state index in [0.29, 0.717) is 4.47 Å². The van der Waals surface area contributed by atoms with Crippen LogP contribution in [-0.2, 0) is 9.53 Å². The van der Waals surface area contributed by atoms with E-state index in [1.54, 1.807) is 20.8 Å². The van der Waals surface area contributed by atoms with Crippen LogP contribution in [0.1, 0.15) is 38.1 Å². The molecule has 0 aliphatic heterocycles. The maximum Gasteiger partial charge on any atom is 0.341 e. The molecule has 1 aromatic rings. The van der Waals surface area contributed by atoms with Crippen LogP contribution in [0.4, 0.5) is 9.18 Å². The number of rotatable bonds is 3. The Morgan fingerprint density at radius 3 is 2.39 bits per heavy atom. The van der Waals surface area contributed by atoms with Crippen LogP contribution in [0.3, 0.4) is 0 Å². The Bertz CT molecular complexity index is 628. The van der Waals surface area contributed by atoms with Gasteiger partial charge in [0.2, 0.25) is 0 Å². The molecule has 0 bridgehead atoms. The highest BCUT2D eigenvalue weighted by Gasteiger charge is 2.23. The van der Waals surface area contributed by atoms with E-state index in [-0.39, 0.29) is 5.56 Å². The maximum absolute atomic E-state index is 13.7. The number of carbonyl (C=O) groups is 3. The molecule has 6 nitrogen and oxygen atoms in total. The number of carbonyl (C=O) groups excluding carboxylic acids is 3. The van der Waals surface area contributed by atoms with E-state index in [4.69, 9.17) is 4.74 Å². The second kappa shape index (κ2) is 7.54. The molecule has 3 amide bonds. The molecule has 0 aliphatic rings. The Morgan fingerprint density at radius 2 is 1.87 bits per heavy atom. The second-order valence-electron chi connectivity index (χ2n) is 5.87. The summed E-state index contributed by atoms with van der Waals surface area (Å²) >= 11 is 3.07. The van der Waals surface area contributed by atoms with Gasteiger partial charge in [0.05, 0.1) is 5.56 Å². The van der Waals surface area contributed by atoms with Gasteiger partial charge in [-0.2, -0.15) is 0 Å². The molecule has 0 spiro atoms. The van der Waals surface area contributed by atoms with Crippen LogP contribution in [0.5, 0.6) is 0 Å². The molecule has 0 unspecified atom stereocenters. The molecule has 23 heavy (non-hydrogen) atoms. The van der Waals surface area contributed by atoms with E-state index in [2.05, 4.69) is 21.2 Å². The number of imide groups is 1. The van der Waals surface area contributed by atoms with Gasteiger partial charge in [0.15, 0.2) is 6.10 Å². The molecule has 0 aromatic heterocycles. The second-order valence-corrected chi connectivity index (χ2v) is 6.78. The van der Waals surface area contributed by atoms with Crippen LogP contribution in [-0.4, -0.2) is 29.6 Å². The van der Waals surface area contributed by atoms with E-state index < -0.39 is 35.4 Å². The number of hydrogen-bond donors (Lipinski definition) is 2. The van der Waals surface area contributed by atoms with Gasteiger partial charge in [0.1, 0.15) is 5.82 Å². The number of hydrogen-bond acceptors (Lipinski definition) is 4. The molecule has 8 heteroatoms. The van der Waals surface area contributed by atoms with E-state index in [1.165, 1.54) is 19.1 Å². The molecule has 0 aliphatic carbocycles. The average Bonchev–Trinajstić information content (AvgIpc) is 2.35. The van der Waals surface area contributed by atoms with Crippen LogP contribution >= 0.6 is 15.9 Å². The summed E-state index contributed by atoms with van der Waals surface area (Å²) in [5, 5.41) is 4.58. The summed E-state index contributed by atoms with van der Waals surface area (Å²) in [6, 6.07) is 3.11. The van der Waals surface area contributed by atoms with Gasteiger partial charge in [0.25, 0.3) is 5.91 Å². The topological polar surface area (TPSA) is 84.5 Å². The highest BCUT2D eigenvalue weighted by atomic mass is 79.9. The van der Waals surface area contributed by atoms with Crippen molar-refractivity contribution in [1.82, 2.24) is 10.6 Å². The molecular weight excluding hydrogens is 371 g/mol. The van der Waals surface area contributed by atoms with Crippen molar-refractivity contribution >= 4 is 33.8 Å². The Kier molecular flexibility index (Phi) is 6.26. The number of amides is 3. The lowest BCUT2D eigenvalue weighted by Crippen LogP contribution is -2.50. The predicted octanol–water partition coefficient (Wildman–Crippen LogP) is 2.76. The maximum atomic E-state index is 13.7. The molecule has 0 heterocycles. The van der Waals surface area contributed by atoms with Crippen LogP contribution in [0.2, 0.25) is 0 Å². The van der Waals surface area contributed by atoms with Crippen molar-refractivity contribution in [1.29, 1.82) is 0 Å². The first-order chi connectivity index (χ1) is 10.5. The molecule has 2 N–H and O–H groups in total.